The van der Waals surface area contributed by atoms with E-state index < -0.39 is 5.54 Å². The van der Waals surface area contributed by atoms with Crippen LogP contribution in [0.15, 0.2) is 30.3 Å². The van der Waals surface area contributed by atoms with Crippen LogP contribution < -0.4 is 5.32 Å². The van der Waals surface area contributed by atoms with E-state index in [4.69, 9.17) is 0 Å². The maximum atomic E-state index is 13.5. The van der Waals surface area contributed by atoms with Gasteiger partial charge in [-0.1, -0.05) is 39.0 Å². The first kappa shape index (κ1) is 21.8. The van der Waals surface area contributed by atoms with Gasteiger partial charge in [0.2, 0.25) is 0 Å². The zero-order valence-electron chi connectivity index (χ0n) is 18.9. The van der Waals surface area contributed by atoms with Crippen LogP contribution in [0.4, 0.5) is 4.79 Å². The maximum absolute atomic E-state index is 13.5. The molecule has 3 aliphatic rings. The van der Waals surface area contributed by atoms with Crippen LogP contribution in [-0.4, -0.2) is 76.8 Å². The molecule has 1 spiro atoms. The Labute approximate surface area is 184 Å². The number of amides is 4. The average Bonchev–Trinajstić information content (AvgIpc) is 2.97. The third-order valence-corrected chi connectivity index (χ3v) is 6.66. The van der Waals surface area contributed by atoms with Crippen LogP contribution in [0, 0.1) is 5.41 Å². The quantitative estimate of drug-likeness (QED) is 0.755. The van der Waals surface area contributed by atoms with E-state index in [1.54, 1.807) is 4.90 Å². The molecule has 1 aromatic carbocycles. The van der Waals surface area contributed by atoms with Gasteiger partial charge in [0.15, 0.2) is 0 Å². The summed E-state index contributed by atoms with van der Waals surface area (Å²) < 4.78 is 0. The molecule has 0 radical (unpaired) electrons. The summed E-state index contributed by atoms with van der Waals surface area (Å²) in [7, 11) is 0. The molecule has 4 rings (SSSR count). The molecule has 4 amide bonds. The fraction of sp³-hybridized carbons (Fsp3) is 0.625. The van der Waals surface area contributed by atoms with Crippen molar-refractivity contribution in [2.45, 2.75) is 58.0 Å². The number of carbonyl (C=O) groups is 3. The summed E-state index contributed by atoms with van der Waals surface area (Å²) in [5.41, 5.74) is -0.0296. The molecule has 7 nitrogen and oxygen atoms in total. The zero-order valence-corrected chi connectivity index (χ0v) is 18.9. The Morgan fingerprint density at radius 1 is 1.10 bits per heavy atom. The molecular formula is C24H34N4O3. The van der Waals surface area contributed by atoms with Crippen LogP contribution >= 0.6 is 0 Å². The summed E-state index contributed by atoms with van der Waals surface area (Å²) in [4.78, 5) is 44.7. The smallest absolute Gasteiger partial charge is 0.325 e. The van der Waals surface area contributed by atoms with E-state index in [1.165, 1.54) is 4.90 Å². The van der Waals surface area contributed by atoms with Gasteiger partial charge in [-0.05, 0) is 49.8 Å². The molecule has 31 heavy (non-hydrogen) atoms. The molecule has 0 unspecified atom stereocenters. The number of nitrogens with one attached hydrogen (secondary N) is 1. The predicted molar refractivity (Wildman–Crippen MR) is 119 cm³/mol. The normalized spacial score (nSPS) is 24.5. The number of urea groups is 1. The first-order valence-corrected chi connectivity index (χ1v) is 11.4. The highest BCUT2D eigenvalue weighted by Gasteiger charge is 2.54. The fourth-order valence-electron chi connectivity index (χ4n) is 5.22. The number of piperidine rings is 2. The third kappa shape index (κ3) is 4.47. The molecular weight excluding hydrogens is 392 g/mol. The molecule has 3 aliphatic heterocycles. The lowest BCUT2D eigenvalue weighted by molar-refractivity contribution is -0.135. The minimum atomic E-state index is -0.864. The largest absolute Gasteiger partial charge is 0.338 e. The summed E-state index contributed by atoms with van der Waals surface area (Å²) in [6.45, 7) is 10.3. The second kappa shape index (κ2) is 8.26. The lowest BCUT2D eigenvalue weighted by Crippen LogP contribution is -2.57. The Balaban J connectivity index is 1.41. The van der Waals surface area contributed by atoms with Crippen molar-refractivity contribution in [3.05, 3.63) is 35.9 Å². The van der Waals surface area contributed by atoms with E-state index in [0.29, 0.717) is 31.5 Å². The summed E-state index contributed by atoms with van der Waals surface area (Å²) in [5.74, 6) is -0.124. The Bertz CT molecular complexity index is 840. The Morgan fingerprint density at radius 2 is 1.77 bits per heavy atom. The van der Waals surface area contributed by atoms with Crippen molar-refractivity contribution in [1.29, 1.82) is 0 Å². The predicted octanol–water partition coefficient (Wildman–Crippen LogP) is 2.72. The van der Waals surface area contributed by atoms with Gasteiger partial charge in [-0.25, -0.2) is 4.79 Å². The Morgan fingerprint density at radius 3 is 2.42 bits per heavy atom. The highest BCUT2D eigenvalue weighted by atomic mass is 16.2. The number of carbonyl (C=O) groups excluding carboxylic acids is 3. The van der Waals surface area contributed by atoms with Crippen molar-refractivity contribution < 1.29 is 14.4 Å². The van der Waals surface area contributed by atoms with Crippen LogP contribution in [0.1, 0.15) is 56.8 Å². The zero-order chi connectivity index (χ0) is 22.2. The molecule has 3 heterocycles. The van der Waals surface area contributed by atoms with Crippen molar-refractivity contribution >= 4 is 17.8 Å². The van der Waals surface area contributed by atoms with Crippen molar-refractivity contribution in [1.82, 2.24) is 20.0 Å². The molecule has 0 aliphatic carbocycles. The van der Waals surface area contributed by atoms with Gasteiger partial charge in [0.05, 0.1) is 6.04 Å². The number of benzene rings is 1. The summed E-state index contributed by atoms with van der Waals surface area (Å²) >= 11 is 0. The minimum absolute atomic E-state index is 0.0193. The highest BCUT2D eigenvalue weighted by molar-refractivity contribution is 6.07. The van der Waals surface area contributed by atoms with Crippen LogP contribution in [0.2, 0.25) is 0 Å². The second-order valence-corrected chi connectivity index (χ2v) is 10.4. The molecule has 1 atom stereocenters. The minimum Gasteiger partial charge on any atom is -0.338 e. The number of nitrogens with zero attached hydrogens (tertiary/aromatic N) is 3. The van der Waals surface area contributed by atoms with Crippen molar-refractivity contribution in [2.24, 2.45) is 5.41 Å². The second-order valence-electron chi connectivity index (χ2n) is 10.4. The number of rotatable bonds is 3. The van der Waals surface area contributed by atoms with Crippen molar-refractivity contribution in [2.75, 3.05) is 32.7 Å². The number of likely N-dealkylation sites (tertiary alicyclic amines) is 2. The van der Waals surface area contributed by atoms with Gasteiger partial charge in [0, 0.05) is 31.7 Å². The van der Waals surface area contributed by atoms with Crippen molar-refractivity contribution in [3.63, 3.8) is 0 Å². The van der Waals surface area contributed by atoms with Gasteiger partial charge >= 0.3 is 6.03 Å². The number of hydrogen-bond donors (Lipinski definition) is 1. The van der Waals surface area contributed by atoms with E-state index >= 15 is 0 Å². The summed E-state index contributed by atoms with van der Waals surface area (Å²) in [5, 5.41) is 3.01. The molecule has 1 aromatic rings. The summed E-state index contributed by atoms with van der Waals surface area (Å²) in [6.07, 6.45) is 2.77. The average molecular weight is 427 g/mol. The molecule has 3 saturated heterocycles. The molecule has 0 aromatic heterocycles. The van der Waals surface area contributed by atoms with E-state index in [0.717, 1.165) is 32.5 Å². The maximum Gasteiger partial charge on any atom is 0.325 e. The highest BCUT2D eigenvalue weighted by Crippen LogP contribution is 2.33. The lowest BCUT2D eigenvalue weighted by atomic mass is 9.86. The van der Waals surface area contributed by atoms with Gasteiger partial charge < -0.3 is 15.1 Å². The van der Waals surface area contributed by atoms with E-state index in [-0.39, 0.29) is 29.3 Å². The summed E-state index contributed by atoms with van der Waals surface area (Å²) in [6, 6.07) is 8.86. The third-order valence-electron chi connectivity index (χ3n) is 6.66. The van der Waals surface area contributed by atoms with Gasteiger partial charge in [0.1, 0.15) is 5.54 Å². The van der Waals surface area contributed by atoms with Gasteiger partial charge in [0.25, 0.3) is 11.8 Å². The van der Waals surface area contributed by atoms with Gasteiger partial charge in [-0.15, -0.1) is 0 Å². The molecule has 168 valence electrons. The van der Waals surface area contributed by atoms with Gasteiger partial charge in [-0.3, -0.25) is 14.5 Å². The SMILES string of the molecule is CC(C)(C)CN1CCC[C@@H](N2C(=O)NC3(CCN(C(=O)c4ccccc4)CC3)C2=O)C1. The van der Waals surface area contributed by atoms with Crippen molar-refractivity contribution in [3.8, 4) is 0 Å². The standard InChI is InChI=1S/C24H34N4O3/c1-23(2,3)17-26-13-7-10-19(16-26)28-21(30)24(25-22(28)31)11-14-27(15-12-24)20(29)18-8-5-4-6-9-18/h4-6,8-9,19H,7,10-17H2,1-3H3,(H,25,31)/t19-/m1/s1. The van der Waals surface area contributed by atoms with E-state index in [2.05, 4.69) is 31.0 Å². The Hall–Kier alpha value is -2.41. The lowest BCUT2D eigenvalue weighted by Gasteiger charge is -2.40. The first-order chi connectivity index (χ1) is 14.7. The fourth-order valence-corrected chi connectivity index (χ4v) is 5.22. The molecule has 7 heteroatoms. The monoisotopic (exact) mass is 426 g/mol. The molecule has 1 N–H and O–H groups in total. The molecule has 3 fully saturated rings. The van der Waals surface area contributed by atoms with E-state index in [9.17, 15) is 14.4 Å². The van der Waals surface area contributed by atoms with Crippen LogP contribution in [0.5, 0.6) is 0 Å². The molecule has 0 bridgehead atoms. The topological polar surface area (TPSA) is 73.0 Å². The van der Waals surface area contributed by atoms with Crippen LogP contribution in [-0.2, 0) is 4.79 Å². The first-order valence-electron chi connectivity index (χ1n) is 11.4. The molecule has 0 saturated carbocycles. The Kier molecular flexibility index (Phi) is 5.81. The van der Waals surface area contributed by atoms with Crippen LogP contribution in [0.3, 0.4) is 0 Å². The number of hydrogen-bond acceptors (Lipinski definition) is 4. The van der Waals surface area contributed by atoms with Crippen LogP contribution in [0.25, 0.3) is 0 Å². The number of imide groups is 1. The van der Waals surface area contributed by atoms with Gasteiger partial charge in [-0.2, -0.15) is 0 Å². The van der Waals surface area contributed by atoms with E-state index in [1.807, 2.05) is 30.3 Å².